The van der Waals surface area contributed by atoms with Crippen molar-refractivity contribution in [1.29, 1.82) is 0 Å². The molecule has 3 aromatic rings. The van der Waals surface area contributed by atoms with Crippen LogP contribution >= 0.6 is 35.0 Å². The Labute approximate surface area is 189 Å². The number of benzene rings is 2. The van der Waals surface area contributed by atoms with Gasteiger partial charge in [0.2, 0.25) is 0 Å². The first-order valence-electron chi connectivity index (χ1n) is 9.25. The molecule has 0 aliphatic heterocycles. The normalized spacial score (nSPS) is 12.1. The van der Waals surface area contributed by atoms with Gasteiger partial charge in [-0.15, -0.1) is 10.2 Å². The van der Waals surface area contributed by atoms with Gasteiger partial charge < -0.3 is 10.1 Å². The monoisotopic (exact) mass is 464 g/mol. The van der Waals surface area contributed by atoms with E-state index in [0.29, 0.717) is 16.7 Å². The number of carbonyl (C=O) groups excluding carboxylic acids is 1. The van der Waals surface area contributed by atoms with Crippen molar-refractivity contribution >= 4 is 40.9 Å². The number of hydrogen-bond acceptors (Lipinski definition) is 5. The minimum Gasteiger partial charge on any atom is -0.497 e. The molecule has 1 unspecified atom stereocenters. The van der Waals surface area contributed by atoms with Crippen molar-refractivity contribution < 1.29 is 9.53 Å². The third kappa shape index (κ3) is 5.47. The number of hydrogen-bond donors (Lipinski definition) is 1. The highest BCUT2D eigenvalue weighted by atomic mass is 35.5. The first-order valence-corrected chi connectivity index (χ1v) is 11.1. The number of methoxy groups -OCH3 is 1. The molecule has 0 radical (unpaired) electrons. The maximum Gasteiger partial charge on any atom is 0.253 e. The lowest BCUT2D eigenvalue weighted by Crippen LogP contribution is -2.32. The van der Waals surface area contributed by atoms with Gasteiger partial charge in [0.15, 0.2) is 15.8 Å². The minimum absolute atomic E-state index is 0.433. The van der Waals surface area contributed by atoms with Crippen LogP contribution in [0.5, 0.6) is 5.75 Å². The number of rotatable bonds is 8. The summed E-state index contributed by atoms with van der Waals surface area (Å²) in [6, 6.07) is 15.5. The van der Waals surface area contributed by atoms with Crippen molar-refractivity contribution in [3.8, 4) is 11.4 Å². The number of thioether (sulfide) groups is 1. The van der Waals surface area contributed by atoms with E-state index in [9.17, 15) is 4.79 Å². The van der Waals surface area contributed by atoms with E-state index in [4.69, 9.17) is 27.9 Å². The van der Waals surface area contributed by atoms with Crippen LogP contribution in [0.25, 0.3) is 5.69 Å². The fourth-order valence-corrected chi connectivity index (χ4v) is 3.87. The van der Waals surface area contributed by atoms with Crippen molar-refractivity contribution in [1.82, 2.24) is 20.1 Å². The number of alkyl halides is 2. The zero-order chi connectivity index (χ0) is 21.7. The summed E-state index contributed by atoms with van der Waals surface area (Å²) >= 11 is 12.9. The molecule has 30 heavy (non-hydrogen) atoms. The topological polar surface area (TPSA) is 69.0 Å². The molecule has 0 saturated carbocycles. The predicted octanol–water partition coefficient (Wildman–Crippen LogP) is 4.86. The highest BCUT2D eigenvalue weighted by Crippen LogP contribution is 2.28. The first kappa shape index (κ1) is 22.5. The van der Waals surface area contributed by atoms with Crippen LogP contribution in [0, 0.1) is 6.92 Å². The maximum absolute atomic E-state index is 11.9. The molecule has 0 aliphatic carbocycles. The lowest BCUT2D eigenvalue weighted by atomic mass is 10.2. The number of aryl methyl sites for hydroxylation is 1. The van der Waals surface area contributed by atoms with Crippen LogP contribution in [-0.4, -0.2) is 32.6 Å². The van der Waals surface area contributed by atoms with E-state index in [2.05, 4.69) is 15.5 Å². The molecule has 0 bridgehead atoms. The first-order chi connectivity index (χ1) is 14.4. The van der Waals surface area contributed by atoms with Gasteiger partial charge in [-0.1, -0.05) is 64.8 Å². The molecule has 3 rings (SSSR count). The zero-order valence-electron chi connectivity index (χ0n) is 16.8. The maximum atomic E-state index is 11.9. The smallest absolute Gasteiger partial charge is 0.253 e. The largest absolute Gasteiger partial charge is 0.497 e. The van der Waals surface area contributed by atoms with E-state index >= 15 is 0 Å². The molecular formula is C21H22Cl2N4O2S. The number of ether oxygens (including phenoxy) is 1. The third-order valence-electron chi connectivity index (χ3n) is 4.40. The van der Waals surface area contributed by atoms with Crippen LogP contribution in [0.2, 0.25) is 0 Å². The highest BCUT2D eigenvalue weighted by molar-refractivity contribution is 7.98. The average molecular weight is 465 g/mol. The van der Waals surface area contributed by atoms with Gasteiger partial charge >= 0.3 is 0 Å². The highest BCUT2D eigenvalue weighted by Gasteiger charge is 2.23. The third-order valence-corrected chi connectivity index (χ3v) is 5.79. The molecule has 9 heteroatoms. The van der Waals surface area contributed by atoms with Gasteiger partial charge in [0.05, 0.1) is 13.2 Å². The summed E-state index contributed by atoms with van der Waals surface area (Å²) in [5, 5.41) is 12.2. The lowest BCUT2D eigenvalue weighted by Gasteiger charge is -2.16. The zero-order valence-corrected chi connectivity index (χ0v) is 19.1. The Morgan fingerprint density at radius 1 is 1.20 bits per heavy atom. The Balaban J connectivity index is 1.91. The van der Waals surface area contributed by atoms with Crippen molar-refractivity contribution in [3.05, 3.63) is 65.5 Å². The number of aromatic nitrogens is 3. The van der Waals surface area contributed by atoms with Crippen LogP contribution in [0.15, 0.2) is 53.7 Å². The Morgan fingerprint density at radius 2 is 1.93 bits per heavy atom. The molecule has 1 amide bonds. The van der Waals surface area contributed by atoms with Gasteiger partial charge in [0.1, 0.15) is 5.75 Å². The summed E-state index contributed by atoms with van der Waals surface area (Å²) < 4.78 is 7.24. The molecule has 0 saturated heterocycles. The number of carbonyl (C=O) groups is 1. The molecule has 2 aromatic carbocycles. The molecule has 158 valence electrons. The van der Waals surface area contributed by atoms with Gasteiger partial charge in [-0.2, -0.15) is 0 Å². The van der Waals surface area contributed by atoms with Gasteiger partial charge in [-0.25, -0.2) is 0 Å². The second-order valence-electron chi connectivity index (χ2n) is 6.68. The predicted molar refractivity (Wildman–Crippen MR) is 121 cm³/mol. The Kier molecular flexibility index (Phi) is 7.64. The van der Waals surface area contributed by atoms with Crippen LogP contribution < -0.4 is 10.1 Å². The van der Waals surface area contributed by atoms with E-state index in [1.807, 2.05) is 66.9 Å². The van der Waals surface area contributed by atoms with E-state index < -0.39 is 16.8 Å². The van der Waals surface area contributed by atoms with Crippen molar-refractivity contribution in [2.45, 2.75) is 35.6 Å². The molecule has 6 nitrogen and oxygen atoms in total. The number of amides is 1. The van der Waals surface area contributed by atoms with E-state index in [0.717, 1.165) is 22.6 Å². The van der Waals surface area contributed by atoms with Gasteiger partial charge in [-0.05, 0) is 43.7 Å². The summed E-state index contributed by atoms with van der Waals surface area (Å²) in [5.74, 6) is 1.61. The molecule has 1 heterocycles. The van der Waals surface area contributed by atoms with Crippen LogP contribution in [0.1, 0.15) is 29.9 Å². The minimum atomic E-state index is -1.15. The summed E-state index contributed by atoms with van der Waals surface area (Å²) in [7, 11) is 1.65. The van der Waals surface area contributed by atoms with Gasteiger partial charge in [-0.3, -0.25) is 9.36 Å². The fraction of sp³-hybridized carbons (Fsp3) is 0.286. The quantitative estimate of drug-likeness (QED) is 0.380. The van der Waals surface area contributed by atoms with E-state index in [1.54, 1.807) is 18.9 Å². The molecule has 0 aliphatic rings. The van der Waals surface area contributed by atoms with E-state index in [1.165, 1.54) is 0 Å². The lowest BCUT2D eigenvalue weighted by molar-refractivity contribution is -0.120. The van der Waals surface area contributed by atoms with Crippen molar-refractivity contribution in [3.63, 3.8) is 0 Å². The Morgan fingerprint density at radius 3 is 2.60 bits per heavy atom. The van der Waals surface area contributed by atoms with E-state index in [-0.39, 0.29) is 0 Å². The molecule has 1 N–H and O–H groups in total. The number of nitrogens with zero attached hydrogens (tertiary/aromatic N) is 3. The molecular weight excluding hydrogens is 443 g/mol. The molecule has 0 spiro atoms. The molecule has 0 fully saturated rings. The second kappa shape index (κ2) is 10.2. The summed E-state index contributed by atoms with van der Waals surface area (Å²) in [4.78, 5) is 10.8. The Hall–Kier alpha value is -2.22. The summed E-state index contributed by atoms with van der Waals surface area (Å²) in [6.07, 6.45) is 0. The van der Waals surface area contributed by atoms with Crippen molar-refractivity contribution in [2.75, 3.05) is 7.11 Å². The standard InChI is InChI=1S/C21H22Cl2N4O2S/c1-13-7-9-16(10-8-13)27-19(14(2)24-20(28)18(22)23)25-26-21(27)30-12-15-5-4-6-17(11-15)29-3/h4-11,14,18H,12H2,1-3H3,(H,24,28). The van der Waals surface area contributed by atoms with Crippen LogP contribution in [-0.2, 0) is 10.5 Å². The number of nitrogens with one attached hydrogen (secondary N) is 1. The molecule has 1 aromatic heterocycles. The SMILES string of the molecule is COc1cccc(CSc2nnc(C(C)NC(=O)C(Cl)Cl)n2-c2ccc(C)cc2)c1. The van der Waals surface area contributed by atoms with Crippen molar-refractivity contribution in [2.24, 2.45) is 0 Å². The fourth-order valence-electron chi connectivity index (χ4n) is 2.84. The Bertz CT molecular complexity index is 1010. The van der Waals surface area contributed by atoms with Gasteiger partial charge in [0, 0.05) is 11.4 Å². The number of halogens is 2. The van der Waals surface area contributed by atoms with Crippen LogP contribution in [0.3, 0.4) is 0 Å². The second-order valence-corrected chi connectivity index (χ2v) is 8.72. The molecule has 1 atom stereocenters. The summed E-state index contributed by atoms with van der Waals surface area (Å²) in [6.45, 7) is 3.85. The average Bonchev–Trinajstić information content (AvgIpc) is 3.17. The van der Waals surface area contributed by atoms with Crippen LogP contribution in [0.4, 0.5) is 0 Å². The summed E-state index contributed by atoms with van der Waals surface area (Å²) in [5.41, 5.74) is 3.16. The van der Waals surface area contributed by atoms with Gasteiger partial charge in [0.25, 0.3) is 5.91 Å².